The van der Waals surface area contributed by atoms with Gasteiger partial charge < -0.3 is 19.9 Å². The molecule has 39 heavy (non-hydrogen) atoms. The van der Waals surface area contributed by atoms with Gasteiger partial charge in [0.25, 0.3) is 5.88 Å². The van der Waals surface area contributed by atoms with E-state index in [2.05, 4.69) is 54.2 Å². The third-order valence-electron chi connectivity index (χ3n) is 7.32. The number of ether oxygens (including phenoxy) is 1. The van der Waals surface area contributed by atoms with E-state index in [1.165, 1.54) is 0 Å². The summed E-state index contributed by atoms with van der Waals surface area (Å²) in [4.78, 5) is 21.0. The quantitative estimate of drug-likeness (QED) is 0.215. The zero-order chi connectivity index (χ0) is 27.1. The molecule has 0 spiro atoms. The Morgan fingerprint density at radius 1 is 1.03 bits per heavy atom. The van der Waals surface area contributed by atoms with Gasteiger partial charge in [-0.15, -0.1) is 0 Å². The molecule has 0 aliphatic carbocycles. The SMILES string of the molecule is CNC1=C([N+](=O)[O-])C(c2ccc(N3CCN(c4ccnc5cc(Cl)ccc45)CC3)cc2)c2cc(Br)ccc2O1. The number of anilines is 2. The average Bonchev–Trinajstić information content (AvgIpc) is 2.96. The molecule has 1 aromatic heterocycles. The zero-order valence-electron chi connectivity index (χ0n) is 21.1. The lowest BCUT2D eigenvalue weighted by molar-refractivity contribution is -0.432. The summed E-state index contributed by atoms with van der Waals surface area (Å²) < 4.78 is 6.68. The summed E-state index contributed by atoms with van der Waals surface area (Å²) in [5.74, 6) is 0.193. The molecule has 1 unspecified atom stereocenters. The van der Waals surface area contributed by atoms with E-state index in [0.717, 1.165) is 64.1 Å². The number of nitro groups is 1. The maximum Gasteiger partial charge on any atom is 0.317 e. The van der Waals surface area contributed by atoms with Gasteiger partial charge in [-0.2, -0.15) is 0 Å². The number of rotatable bonds is 5. The number of allylic oxidation sites excluding steroid dienone is 1. The van der Waals surface area contributed by atoms with Gasteiger partial charge in [-0.05, 0) is 60.2 Å². The van der Waals surface area contributed by atoms with Crippen molar-refractivity contribution in [3.63, 3.8) is 0 Å². The van der Waals surface area contributed by atoms with E-state index in [1.54, 1.807) is 7.05 Å². The molecular weight excluding hydrogens is 582 g/mol. The predicted molar refractivity (Wildman–Crippen MR) is 157 cm³/mol. The Morgan fingerprint density at radius 2 is 1.77 bits per heavy atom. The molecule has 0 saturated carbocycles. The summed E-state index contributed by atoms with van der Waals surface area (Å²) in [5, 5.41) is 16.8. The van der Waals surface area contributed by atoms with Crippen molar-refractivity contribution in [2.45, 2.75) is 5.92 Å². The molecule has 0 amide bonds. The normalized spacial score (nSPS) is 17.2. The van der Waals surface area contributed by atoms with Gasteiger partial charge in [0.1, 0.15) is 11.7 Å². The molecule has 1 saturated heterocycles. The molecule has 3 heterocycles. The molecule has 0 bridgehead atoms. The Balaban J connectivity index is 1.24. The smallest absolute Gasteiger partial charge is 0.317 e. The fourth-order valence-electron chi connectivity index (χ4n) is 5.45. The third kappa shape index (κ3) is 4.77. The van der Waals surface area contributed by atoms with Gasteiger partial charge in [0.2, 0.25) is 0 Å². The number of piperazine rings is 1. The van der Waals surface area contributed by atoms with E-state index < -0.39 is 5.92 Å². The van der Waals surface area contributed by atoms with Crippen LogP contribution in [0.4, 0.5) is 11.4 Å². The maximum absolute atomic E-state index is 12.2. The fraction of sp³-hybridized carbons (Fsp3) is 0.207. The molecule has 1 N–H and O–H groups in total. The predicted octanol–water partition coefficient (Wildman–Crippen LogP) is 6.17. The minimum Gasteiger partial charge on any atom is -0.435 e. The third-order valence-corrected chi connectivity index (χ3v) is 8.05. The molecule has 10 heteroatoms. The minimum atomic E-state index is -0.567. The summed E-state index contributed by atoms with van der Waals surface area (Å²) in [5.41, 5.74) is 4.73. The minimum absolute atomic E-state index is 0.00432. The lowest BCUT2D eigenvalue weighted by Gasteiger charge is -2.38. The highest BCUT2D eigenvalue weighted by atomic mass is 79.9. The first kappa shape index (κ1) is 25.5. The van der Waals surface area contributed by atoms with Crippen LogP contribution in [0.25, 0.3) is 10.9 Å². The molecule has 2 aliphatic heterocycles. The highest BCUT2D eigenvalue weighted by Gasteiger charge is 2.39. The number of hydrogen-bond donors (Lipinski definition) is 1. The fourth-order valence-corrected chi connectivity index (χ4v) is 5.99. The summed E-state index contributed by atoms with van der Waals surface area (Å²) in [6.45, 7) is 3.44. The van der Waals surface area contributed by atoms with Crippen LogP contribution in [0.3, 0.4) is 0 Å². The van der Waals surface area contributed by atoms with Gasteiger partial charge in [-0.3, -0.25) is 15.1 Å². The number of nitrogens with one attached hydrogen (secondary N) is 1. The van der Waals surface area contributed by atoms with Gasteiger partial charge in [-0.1, -0.05) is 39.7 Å². The van der Waals surface area contributed by atoms with Crippen LogP contribution in [-0.4, -0.2) is 43.1 Å². The average molecular weight is 607 g/mol. The monoisotopic (exact) mass is 605 g/mol. The van der Waals surface area contributed by atoms with E-state index in [-0.39, 0.29) is 16.5 Å². The van der Waals surface area contributed by atoms with Crippen molar-refractivity contribution in [2.24, 2.45) is 0 Å². The van der Waals surface area contributed by atoms with Gasteiger partial charge >= 0.3 is 5.70 Å². The second-order valence-electron chi connectivity index (χ2n) is 9.50. The molecule has 1 fully saturated rings. The topological polar surface area (TPSA) is 83.8 Å². The second-order valence-corrected chi connectivity index (χ2v) is 10.8. The molecule has 4 aromatic rings. The Kier molecular flexibility index (Phi) is 6.78. The van der Waals surface area contributed by atoms with Crippen molar-refractivity contribution < 1.29 is 9.66 Å². The molecule has 198 valence electrons. The van der Waals surface area contributed by atoms with E-state index in [4.69, 9.17) is 16.3 Å². The first-order valence-corrected chi connectivity index (χ1v) is 13.8. The van der Waals surface area contributed by atoms with Crippen molar-refractivity contribution in [3.8, 4) is 5.75 Å². The summed E-state index contributed by atoms with van der Waals surface area (Å²) in [6, 6.07) is 21.6. The van der Waals surface area contributed by atoms with Gasteiger partial charge in [0.15, 0.2) is 0 Å². The zero-order valence-corrected chi connectivity index (χ0v) is 23.4. The first-order valence-electron chi connectivity index (χ1n) is 12.6. The summed E-state index contributed by atoms with van der Waals surface area (Å²) in [7, 11) is 1.63. The van der Waals surface area contributed by atoms with Gasteiger partial charge in [0, 0.05) is 71.2 Å². The lowest BCUT2D eigenvalue weighted by atomic mass is 9.86. The van der Waals surface area contributed by atoms with Crippen molar-refractivity contribution in [2.75, 3.05) is 43.0 Å². The molecule has 8 nitrogen and oxygen atoms in total. The molecule has 6 rings (SSSR count). The standard InChI is InChI=1S/C29H25BrClN5O3/c1-32-29-28(36(37)38)27(23-16-19(30)4-9-26(23)39-29)18-2-6-21(7-3-18)34-12-14-35(15-13-34)25-10-11-33-24-17-20(31)5-8-22(24)25/h2-11,16-17,27,32H,12-15H2,1H3. The Labute approximate surface area is 239 Å². The van der Waals surface area contributed by atoms with Crippen LogP contribution >= 0.6 is 27.5 Å². The summed E-state index contributed by atoms with van der Waals surface area (Å²) >= 11 is 9.67. The van der Waals surface area contributed by atoms with Crippen molar-refractivity contribution in [1.29, 1.82) is 0 Å². The second kappa shape index (κ2) is 10.4. The lowest BCUT2D eigenvalue weighted by Crippen LogP contribution is -2.46. The van der Waals surface area contributed by atoms with Crippen LogP contribution < -0.4 is 19.9 Å². The van der Waals surface area contributed by atoms with Gasteiger partial charge in [-0.25, -0.2) is 0 Å². The number of halogens is 2. The first-order chi connectivity index (χ1) is 18.9. The molecule has 2 aliphatic rings. The van der Waals surface area contributed by atoms with E-state index in [1.807, 2.05) is 54.7 Å². The van der Waals surface area contributed by atoms with Crippen molar-refractivity contribution in [1.82, 2.24) is 10.3 Å². The summed E-state index contributed by atoms with van der Waals surface area (Å²) in [6.07, 6.45) is 1.83. The van der Waals surface area contributed by atoms with Crippen molar-refractivity contribution >= 4 is 49.8 Å². The molecule has 1 atom stereocenters. The van der Waals surface area contributed by atoms with Crippen LogP contribution in [0.5, 0.6) is 5.75 Å². The Bertz CT molecular complexity index is 1600. The van der Waals surface area contributed by atoms with Crippen molar-refractivity contribution in [3.05, 3.63) is 115 Å². The van der Waals surface area contributed by atoms with E-state index >= 15 is 0 Å². The van der Waals surface area contributed by atoms with Crippen LogP contribution in [-0.2, 0) is 0 Å². The van der Waals surface area contributed by atoms with Crippen LogP contribution in [0.2, 0.25) is 5.02 Å². The Hall–Kier alpha value is -3.82. The Morgan fingerprint density at radius 3 is 2.49 bits per heavy atom. The van der Waals surface area contributed by atoms with Crippen LogP contribution in [0, 0.1) is 10.1 Å². The van der Waals surface area contributed by atoms with Crippen LogP contribution in [0.15, 0.2) is 89.0 Å². The largest absolute Gasteiger partial charge is 0.435 e. The highest BCUT2D eigenvalue weighted by Crippen LogP contribution is 2.44. The highest BCUT2D eigenvalue weighted by molar-refractivity contribution is 9.10. The van der Waals surface area contributed by atoms with Gasteiger partial charge in [0.05, 0.1) is 10.4 Å². The van der Waals surface area contributed by atoms with E-state index in [9.17, 15) is 10.1 Å². The maximum atomic E-state index is 12.2. The number of nitrogens with zero attached hydrogens (tertiary/aromatic N) is 4. The number of benzene rings is 3. The van der Waals surface area contributed by atoms with E-state index in [0.29, 0.717) is 10.8 Å². The number of fused-ring (bicyclic) bond motifs is 2. The number of pyridine rings is 1. The number of aromatic nitrogens is 1. The molecule has 0 radical (unpaired) electrons. The van der Waals surface area contributed by atoms with Crippen LogP contribution in [0.1, 0.15) is 17.0 Å². The number of hydrogen-bond acceptors (Lipinski definition) is 7. The molecule has 3 aromatic carbocycles. The molecular formula is C29H25BrClN5O3.